The Balaban J connectivity index is 1.53. The van der Waals surface area contributed by atoms with Gasteiger partial charge in [-0.25, -0.2) is 4.98 Å². The summed E-state index contributed by atoms with van der Waals surface area (Å²) in [5.74, 6) is -0.496. The minimum absolute atomic E-state index is 0.0576. The lowest BCUT2D eigenvalue weighted by molar-refractivity contribution is -0.121. The molecule has 0 saturated carbocycles. The van der Waals surface area contributed by atoms with Gasteiger partial charge in [0.2, 0.25) is 5.91 Å². The highest BCUT2D eigenvalue weighted by atomic mass is 79.9. The third-order valence-corrected chi connectivity index (χ3v) is 5.78. The molecular formula is C21H22BrN3O4S. The van der Waals surface area contributed by atoms with Gasteiger partial charge in [0.15, 0.2) is 15.6 Å². The van der Waals surface area contributed by atoms with Crippen molar-refractivity contribution in [3.63, 3.8) is 0 Å². The predicted molar refractivity (Wildman–Crippen MR) is 119 cm³/mol. The van der Waals surface area contributed by atoms with E-state index in [0.29, 0.717) is 21.9 Å². The van der Waals surface area contributed by atoms with Gasteiger partial charge >= 0.3 is 0 Å². The molecule has 0 fully saturated rings. The minimum atomic E-state index is -0.417. The SMILES string of the molecule is Cc1ccc(CC(CO)NC(=O)Cc2csc(NC(=O)c3ccc(Br)o3)n2)cc1C. The number of nitrogens with zero attached hydrogens (tertiary/aromatic N) is 1. The second-order valence-corrected chi connectivity index (χ2v) is 8.59. The summed E-state index contributed by atoms with van der Waals surface area (Å²) in [6.45, 7) is 3.92. The first-order valence-corrected chi connectivity index (χ1v) is 11.0. The van der Waals surface area contributed by atoms with Gasteiger partial charge in [-0.15, -0.1) is 11.3 Å². The number of rotatable bonds is 8. The molecule has 0 spiro atoms. The van der Waals surface area contributed by atoms with Gasteiger partial charge in [0, 0.05) is 5.38 Å². The molecule has 3 aromatic rings. The predicted octanol–water partition coefficient (Wildman–Crippen LogP) is 3.63. The van der Waals surface area contributed by atoms with Crippen molar-refractivity contribution in [3.05, 3.63) is 68.5 Å². The van der Waals surface area contributed by atoms with E-state index in [1.54, 1.807) is 17.5 Å². The third-order valence-electron chi connectivity index (χ3n) is 4.55. The van der Waals surface area contributed by atoms with Crippen LogP contribution in [0.3, 0.4) is 0 Å². The molecule has 1 unspecified atom stereocenters. The summed E-state index contributed by atoms with van der Waals surface area (Å²) in [7, 11) is 0. The molecule has 3 rings (SSSR count). The number of benzene rings is 1. The molecule has 1 aromatic carbocycles. The van der Waals surface area contributed by atoms with Crippen LogP contribution in [0.4, 0.5) is 5.13 Å². The molecule has 7 nitrogen and oxygen atoms in total. The van der Waals surface area contributed by atoms with Crippen LogP contribution in [0.25, 0.3) is 0 Å². The highest BCUT2D eigenvalue weighted by Crippen LogP contribution is 2.19. The molecule has 2 amide bonds. The van der Waals surface area contributed by atoms with Gasteiger partial charge in [-0.05, 0) is 65.0 Å². The standard InChI is InChI=1S/C21H22BrN3O4S/c1-12-3-4-14(7-13(12)2)8-15(10-26)23-19(27)9-16-11-30-21(24-16)25-20(28)17-5-6-18(22)29-17/h3-7,11,15,26H,8-10H2,1-2H3,(H,23,27)(H,24,25,28). The number of halogens is 1. The van der Waals surface area contributed by atoms with Crippen LogP contribution < -0.4 is 10.6 Å². The van der Waals surface area contributed by atoms with Crippen molar-refractivity contribution in [2.75, 3.05) is 11.9 Å². The molecule has 158 valence electrons. The highest BCUT2D eigenvalue weighted by molar-refractivity contribution is 9.10. The van der Waals surface area contributed by atoms with Crippen molar-refractivity contribution in [2.24, 2.45) is 0 Å². The molecule has 30 heavy (non-hydrogen) atoms. The Morgan fingerprint density at radius 3 is 2.70 bits per heavy atom. The number of thiazole rings is 1. The van der Waals surface area contributed by atoms with Crippen molar-refractivity contribution in [2.45, 2.75) is 32.7 Å². The van der Waals surface area contributed by atoms with E-state index in [0.717, 1.165) is 5.56 Å². The number of carbonyl (C=O) groups is 2. The van der Waals surface area contributed by atoms with Gasteiger partial charge in [0.05, 0.1) is 24.8 Å². The number of furan rings is 1. The molecule has 0 aliphatic rings. The first-order chi connectivity index (χ1) is 14.3. The molecule has 2 heterocycles. The maximum absolute atomic E-state index is 12.4. The van der Waals surface area contributed by atoms with Crippen LogP contribution in [0, 0.1) is 13.8 Å². The summed E-state index contributed by atoms with van der Waals surface area (Å²) in [5.41, 5.74) is 3.97. The average molecular weight is 492 g/mol. The molecule has 0 bridgehead atoms. The Labute approximate surface area is 186 Å². The second kappa shape index (κ2) is 10.0. The Morgan fingerprint density at radius 1 is 1.23 bits per heavy atom. The number of hydrogen-bond donors (Lipinski definition) is 3. The molecule has 0 aliphatic carbocycles. The number of aliphatic hydroxyl groups is 1. The maximum Gasteiger partial charge on any atom is 0.293 e. The zero-order valence-electron chi connectivity index (χ0n) is 16.6. The van der Waals surface area contributed by atoms with E-state index < -0.39 is 5.91 Å². The Morgan fingerprint density at radius 2 is 2.03 bits per heavy atom. The van der Waals surface area contributed by atoms with Gasteiger partial charge in [0.25, 0.3) is 5.91 Å². The monoisotopic (exact) mass is 491 g/mol. The van der Waals surface area contributed by atoms with Crippen molar-refractivity contribution >= 4 is 44.2 Å². The zero-order valence-corrected chi connectivity index (χ0v) is 19.0. The minimum Gasteiger partial charge on any atom is -0.444 e. The molecule has 1 atom stereocenters. The zero-order chi connectivity index (χ0) is 21.7. The van der Waals surface area contributed by atoms with Gasteiger partial charge in [-0.3, -0.25) is 14.9 Å². The van der Waals surface area contributed by atoms with Crippen LogP contribution in [0.15, 0.2) is 44.8 Å². The lowest BCUT2D eigenvalue weighted by Gasteiger charge is -2.17. The van der Waals surface area contributed by atoms with Crippen molar-refractivity contribution in [1.82, 2.24) is 10.3 Å². The average Bonchev–Trinajstić information content (AvgIpc) is 3.33. The summed E-state index contributed by atoms with van der Waals surface area (Å²) in [6, 6.07) is 8.90. The Kier molecular flexibility index (Phi) is 7.41. The smallest absolute Gasteiger partial charge is 0.293 e. The van der Waals surface area contributed by atoms with E-state index in [-0.39, 0.29) is 30.7 Å². The number of nitrogens with one attached hydrogen (secondary N) is 2. The summed E-state index contributed by atoms with van der Waals surface area (Å²) >= 11 is 4.37. The highest BCUT2D eigenvalue weighted by Gasteiger charge is 2.16. The van der Waals surface area contributed by atoms with Crippen LogP contribution in [0.1, 0.15) is 32.9 Å². The fourth-order valence-corrected chi connectivity index (χ4v) is 3.87. The molecule has 0 aliphatic heterocycles. The molecule has 3 N–H and O–H groups in total. The quantitative estimate of drug-likeness (QED) is 0.446. The van der Waals surface area contributed by atoms with Crippen molar-refractivity contribution in [1.29, 1.82) is 0 Å². The maximum atomic E-state index is 12.4. The number of hydrogen-bond acceptors (Lipinski definition) is 6. The van der Waals surface area contributed by atoms with Gasteiger partial charge in [0.1, 0.15) is 0 Å². The summed E-state index contributed by atoms with van der Waals surface area (Å²) < 4.78 is 5.66. The van der Waals surface area contributed by atoms with E-state index in [9.17, 15) is 14.7 Å². The van der Waals surface area contributed by atoms with Crippen molar-refractivity contribution in [3.8, 4) is 0 Å². The lowest BCUT2D eigenvalue weighted by atomic mass is 10.0. The number of amides is 2. The summed E-state index contributed by atoms with van der Waals surface area (Å²) in [4.78, 5) is 28.7. The second-order valence-electron chi connectivity index (χ2n) is 6.95. The molecule has 9 heteroatoms. The van der Waals surface area contributed by atoms with E-state index in [1.165, 1.54) is 22.5 Å². The summed E-state index contributed by atoms with van der Waals surface area (Å²) in [6.07, 6.45) is 0.600. The van der Waals surface area contributed by atoms with Crippen LogP contribution in [0.2, 0.25) is 0 Å². The van der Waals surface area contributed by atoms with Gasteiger partial charge < -0.3 is 14.8 Å². The Hall–Kier alpha value is -2.49. The van der Waals surface area contributed by atoms with Crippen LogP contribution >= 0.6 is 27.3 Å². The lowest BCUT2D eigenvalue weighted by Crippen LogP contribution is -2.40. The molecule has 0 radical (unpaired) electrons. The Bertz CT molecular complexity index is 1050. The van der Waals surface area contributed by atoms with Crippen LogP contribution in [-0.4, -0.2) is 34.6 Å². The van der Waals surface area contributed by atoms with Gasteiger partial charge in [-0.1, -0.05) is 18.2 Å². The first-order valence-electron chi connectivity index (χ1n) is 9.31. The number of aliphatic hydroxyl groups excluding tert-OH is 1. The topological polar surface area (TPSA) is 104 Å². The summed E-state index contributed by atoms with van der Waals surface area (Å²) in [5, 5.41) is 17.2. The molecule has 0 saturated heterocycles. The third kappa shape index (κ3) is 6.01. The largest absolute Gasteiger partial charge is 0.444 e. The normalized spacial score (nSPS) is 11.9. The first kappa shape index (κ1) is 22.2. The van der Waals surface area contributed by atoms with E-state index in [4.69, 9.17) is 4.42 Å². The molecule has 2 aromatic heterocycles. The molecular weight excluding hydrogens is 470 g/mol. The van der Waals surface area contributed by atoms with Crippen LogP contribution in [-0.2, 0) is 17.6 Å². The number of aryl methyl sites for hydroxylation is 2. The van der Waals surface area contributed by atoms with Crippen LogP contribution in [0.5, 0.6) is 0 Å². The van der Waals surface area contributed by atoms with E-state index in [2.05, 4.69) is 37.6 Å². The number of aromatic nitrogens is 1. The van der Waals surface area contributed by atoms with E-state index in [1.807, 2.05) is 26.0 Å². The van der Waals surface area contributed by atoms with Crippen molar-refractivity contribution < 1.29 is 19.1 Å². The number of anilines is 1. The number of carbonyl (C=O) groups excluding carboxylic acids is 2. The van der Waals surface area contributed by atoms with E-state index >= 15 is 0 Å². The van der Waals surface area contributed by atoms with Gasteiger partial charge in [-0.2, -0.15) is 0 Å². The fraction of sp³-hybridized carbons (Fsp3) is 0.286. The fourth-order valence-electron chi connectivity index (χ4n) is 2.86.